The molecule has 2 aromatic carbocycles. The fourth-order valence-electron chi connectivity index (χ4n) is 2.13. The van der Waals surface area contributed by atoms with Crippen molar-refractivity contribution in [3.8, 4) is 0 Å². The van der Waals surface area contributed by atoms with E-state index in [9.17, 15) is 14.0 Å². The summed E-state index contributed by atoms with van der Waals surface area (Å²) in [7, 11) is 0. The van der Waals surface area contributed by atoms with E-state index in [-0.39, 0.29) is 30.5 Å². The summed E-state index contributed by atoms with van der Waals surface area (Å²) in [5.74, 6) is -1.13. The highest BCUT2D eigenvalue weighted by Gasteiger charge is 2.09. The van der Waals surface area contributed by atoms with E-state index in [4.69, 9.17) is 0 Å². The molecule has 126 valence electrons. The van der Waals surface area contributed by atoms with Gasteiger partial charge in [-0.1, -0.05) is 41.1 Å². The molecule has 0 unspecified atom stereocenters. The Balaban J connectivity index is 1.80. The Hall–Kier alpha value is -2.21. The Bertz CT molecular complexity index is 732. The van der Waals surface area contributed by atoms with Crippen LogP contribution in [0.2, 0.25) is 0 Å². The zero-order valence-corrected chi connectivity index (χ0v) is 14.8. The van der Waals surface area contributed by atoms with Gasteiger partial charge in [0.1, 0.15) is 5.82 Å². The largest absolute Gasteiger partial charge is 0.273 e. The van der Waals surface area contributed by atoms with E-state index in [2.05, 4.69) is 26.8 Å². The van der Waals surface area contributed by atoms with Gasteiger partial charge in [-0.2, -0.15) is 0 Å². The maximum atomic E-state index is 13.7. The topological polar surface area (TPSA) is 58.2 Å². The predicted octanol–water partition coefficient (Wildman–Crippen LogP) is 3.54. The van der Waals surface area contributed by atoms with Crippen LogP contribution >= 0.6 is 15.9 Å². The molecule has 2 amide bonds. The van der Waals surface area contributed by atoms with Gasteiger partial charge in [-0.25, -0.2) is 4.39 Å². The molecule has 24 heavy (non-hydrogen) atoms. The van der Waals surface area contributed by atoms with Gasteiger partial charge in [-0.15, -0.1) is 0 Å². The van der Waals surface area contributed by atoms with Gasteiger partial charge in [-0.3, -0.25) is 20.4 Å². The van der Waals surface area contributed by atoms with E-state index >= 15 is 0 Å². The average molecular weight is 393 g/mol. The number of aryl methyl sites for hydroxylation is 2. The molecule has 2 rings (SSSR count). The lowest BCUT2D eigenvalue weighted by atomic mass is 10.1. The molecule has 2 aromatic rings. The number of amides is 2. The molecule has 2 N–H and O–H groups in total. The van der Waals surface area contributed by atoms with E-state index < -0.39 is 0 Å². The first-order chi connectivity index (χ1) is 11.5. The van der Waals surface area contributed by atoms with Crippen LogP contribution in [0.25, 0.3) is 0 Å². The quantitative estimate of drug-likeness (QED) is 0.764. The van der Waals surface area contributed by atoms with Crippen LogP contribution < -0.4 is 10.9 Å². The lowest BCUT2D eigenvalue weighted by Crippen LogP contribution is -2.41. The van der Waals surface area contributed by atoms with Crippen LogP contribution in [0.5, 0.6) is 0 Å². The third-order valence-electron chi connectivity index (χ3n) is 3.58. The Labute approximate surface area is 148 Å². The Kier molecular flexibility index (Phi) is 6.49. The summed E-state index contributed by atoms with van der Waals surface area (Å²) in [4.78, 5) is 23.7. The highest BCUT2D eigenvalue weighted by Crippen LogP contribution is 2.16. The van der Waals surface area contributed by atoms with Gasteiger partial charge in [0.2, 0.25) is 5.91 Å². The first kappa shape index (κ1) is 18.1. The molecule has 0 fully saturated rings. The van der Waals surface area contributed by atoms with Crippen LogP contribution in [0.3, 0.4) is 0 Å². The van der Waals surface area contributed by atoms with Crippen molar-refractivity contribution in [2.24, 2.45) is 0 Å². The number of nitrogens with one attached hydrogen (secondary N) is 2. The summed E-state index contributed by atoms with van der Waals surface area (Å²) in [6, 6.07) is 11.8. The smallest absolute Gasteiger partial charge is 0.269 e. The van der Waals surface area contributed by atoms with Gasteiger partial charge < -0.3 is 0 Å². The van der Waals surface area contributed by atoms with Gasteiger partial charge in [0.05, 0.1) is 0 Å². The Morgan fingerprint density at radius 2 is 1.79 bits per heavy atom. The van der Waals surface area contributed by atoms with Crippen LogP contribution in [-0.4, -0.2) is 11.8 Å². The normalized spacial score (nSPS) is 10.3. The molecular formula is C18H18BrFN2O2. The van der Waals surface area contributed by atoms with Gasteiger partial charge in [0.15, 0.2) is 0 Å². The minimum Gasteiger partial charge on any atom is -0.273 e. The molecule has 0 atom stereocenters. The van der Waals surface area contributed by atoms with Crippen LogP contribution in [-0.2, 0) is 17.6 Å². The molecule has 6 heteroatoms. The molecular weight excluding hydrogens is 375 g/mol. The summed E-state index contributed by atoms with van der Waals surface area (Å²) < 4.78 is 14.3. The fraction of sp³-hybridized carbons (Fsp3) is 0.222. The molecule has 0 radical (unpaired) electrons. The standard InChI is InChI=1S/C18H18BrFN2O2/c1-2-12-3-5-14(6-4-12)18(24)22-21-17(23)10-8-13-7-9-15(19)11-16(13)20/h3-7,9,11H,2,8,10H2,1H3,(H,21,23)(H,22,24). The summed E-state index contributed by atoms with van der Waals surface area (Å²) in [5, 5.41) is 0. The van der Waals surface area contributed by atoms with Gasteiger partial charge >= 0.3 is 0 Å². The number of carbonyl (C=O) groups excluding carboxylic acids is 2. The average Bonchev–Trinajstić information content (AvgIpc) is 2.59. The second-order valence-corrected chi connectivity index (χ2v) is 6.20. The lowest BCUT2D eigenvalue weighted by molar-refractivity contribution is -0.121. The van der Waals surface area contributed by atoms with Crippen LogP contribution in [0.15, 0.2) is 46.9 Å². The number of hydrogen-bond donors (Lipinski definition) is 2. The molecule has 0 aliphatic carbocycles. The monoisotopic (exact) mass is 392 g/mol. The summed E-state index contributed by atoms with van der Waals surface area (Å²) in [6.07, 6.45) is 1.23. The zero-order valence-electron chi connectivity index (χ0n) is 13.2. The van der Waals surface area contributed by atoms with Gasteiger partial charge in [0.25, 0.3) is 5.91 Å². The maximum absolute atomic E-state index is 13.7. The molecule has 0 aliphatic heterocycles. The number of benzene rings is 2. The molecule has 4 nitrogen and oxygen atoms in total. The van der Waals surface area contributed by atoms with Crippen molar-refractivity contribution in [1.82, 2.24) is 10.9 Å². The van der Waals surface area contributed by atoms with Crippen LogP contribution in [0.4, 0.5) is 4.39 Å². The molecule has 0 aromatic heterocycles. The first-order valence-corrected chi connectivity index (χ1v) is 8.41. The first-order valence-electron chi connectivity index (χ1n) is 7.61. The zero-order chi connectivity index (χ0) is 17.5. The molecule has 0 bridgehead atoms. The fourth-order valence-corrected chi connectivity index (χ4v) is 2.46. The third kappa shape index (κ3) is 5.16. The molecule has 0 heterocycles. The number of carbonyl (C=O) groups is 2. The van der Waals surface area contributed by atoms with Gasteiger partial charge in [-0.05, 0) is 48.2 Å². The SMILES string of the molecule is CCc1ccc(C(=O)NNC(=O)CCc2ccc(Br)cc2F)cc1. The van der Waals surface area contributed by atoms with Crippen molar-refractivity contribution in [3.05, 3.63) is 69.4 Å². The molecule has 0 saturated heterocycles. The van der Waals surface area contributed by atoms with E-state index in [1.807, 2.05) is 19.1 Å². The summed E-state index contributed by atoms with van der Waals surface area (Å²) in [5.41, 5.74) is 6.75. The van der Waals surface area contributed by atoms with E-state index in [0.717, 1.165) is 12.0 Å². The Morgan fingerprint density at radius 1 is 1.08 bits per heavy atom. The van der Waals surface area contributed by atoms with Crippen molar-refractivity contribution < 1.29 is 14.0 Å². The van der Waals surface area contributed by atoms with Crippen LogP contribution in [0, 0.1) is 5.82 Å². The molecule has 0 aliphatic rings. The van der Waals surface area contributed by atoms with E-state index in [0.29, 0.717) is 15.6 Å². The third-order valence-corrected chi connectivity index (χ3v) is 4.07. The number of halogens is 2. The number of hydrazine groups is 1. The molecule has 0 spiro atoms. The van der Waals surface area contributed by atoms with E-state index in [1.165, 1.54) is 6.07 Å². The predicted molar refractivity (Wildman–Crippen MR) is 93.8 cm³/mol. The van der Waals surface area contributed by atoms with Crippen molar-refractivity contribution in [2.45, 2.75) is 26.2 Å². The number of rotatable bonds is 5. The van der Waals surface area contributed by atoms with Crippen molar-refractivity contribution in [2.75, 3.05) is 0 Å². The second kappa shape index (κ2) is 8.59. The lowest BCUT2D eigenvalue weighted by Gasteiger charge is -2.08. The van der Waals surface area contributed by atoms with E-state index in [1.54, 1.807) is 24.3 Å². The highest BCUT2D eigenvalue weighted by atomic mass is 79.9. The summed E-state index contributed by atoms with van der Waals surface area (Å²) in [6.45, 7) is 2.03. The number of hydrogen-bond acceptors (Lipinski definition) is 2. The maximum Gasteiger partial charge on any atom is 0.269 e. The highest BCUT2D eigenvalue weighted by molar-refractivity contribution is 9.10. The van der Waals surface area contributed by atoms with Crippen molar-refractivity contribution >= 4 is 27.7 Å². The Morgan fingerprint density at radius 3 is 2.42 bits per heavy atom. The minimum atomic E-state index is -0.388. The van der Waals surface area contributed by atoms with Crippen molar-refractivity contribution in [3.63, 3.8) is 0 Å². The second-order valence-electron chi connectivity index (χ2n) is 5.29. The van der Waals surface area contributed by atoms with Crippen molar-refractivity contribution in [1.29, 1.82) is 0 Å². The minimum absolute atomic E-state index is 0.0770. The summed E-state index contributed by atoms with van der Waals surface area (Å²) >= 11 is 3.18. The molecule has 0 saturated carbocycles. The van der Waals surface area contributed by atoms with Crippen LogP contribution in [0.1, 0.15) is 34.8 Å². The van der Waals surface area contributed by atoms with Gasteiger partial charge in [0, 0.05) is 16.5 Å².